The quantitative estimate of drug-likeness (QED) is 0.782. The summed E-state index contributed by atoms with van der Waals surface area (Å²) in [5, 5.41) is 16.0. The van der Waals surface area contributed by atoms with Crippen LogP contribution in [0, 0.1) is 5.92 Å². The maximum Gasteiger partial charge on any atom is 0.307 e. The van der Waals surface area contributed by atoms with Crippen LogP contribution < -0.4 is 10.6 Å². The lowest BCUT2D eigenvalue weighted by atomic mass is 9.99. The summed E-state index contributed by atoms with van der Waals surface area (Å²) in [5.41, 5.74) is 6.19. The van der Waals surface area contributed by atoms with Crippen LogP contribution in [0.3, 0.4) is 0 Å². The van der Waals surface area contributed by atoms with Crippen molar-refractivity contribution in [2.75, 3.05) is 17.2 Å². The highest BCUT2D eigenvalue weighted by Gasteiger charge is 2.43. The largest absolute Gasteiger partial charge is 0.481 e. The van der Waals surface area contributed by atoms with E-state index in [1.165, 1.54) is 23.2 Å². The predicted molar refractivity (Wildman–Crippen MR) is 95.5 cm³/mol. The second-order valence-corrected chi connectivity index (χ2v) is 6.74. The molecule has 3 N–H and O–H groups in total. The Bertz CT molecular complexity index is 755. The lowest BCUT2D eigenvalue weighted by molar-refractivity contribution is -0.138. The van der Waals surface area contributed by atoms with Crippen molar-refractivity contribution >= 4 is 17.3 Å². The summed E-state index contributed by atoms with van der Waals surface area (Å²) in [6, 6.07) is 14.7. The number of hydrogen-bond acceptors (Lipinski definition) is 3. The van der Waals surface area contributed by atoms with Crippen molar-refractivity contribution in [3.8, 4) is 0 Å². The number of carbonyl (C=O) groups is 1. The highest BCUT2D eigenvalue weighted by atomic mass is 16.4. The molecule has 1 heterocycles. The molecule has 4 heteroatoms. The Labute approximate surface area is 141 Å². The third-order valence-electron chi connectivity index (χ3n) is 5.09. The van der Waals surface area contributed by atoms with E-state index in [4.69, 9.17) is 5.11 Å². The fourth-order valence-electron chi connectivity index (χ4n) is 3.61. The molecule has 2 aliphatic rings. The Morgan fingerprint density at radius 3 is 2.79 bits per heavy atom. The van der Waals surface area contributed by atoms with Crippen LogP contribution in [0.5, 0.6) is 0 Å². The minimum Gasteiger partial charge on any atom is -0.481 e. The number of carboxylic acid groups (broad SMARTS) is 1. The van der Waals surface area contributed by atoms with E-state index < -0.39 is 5.97 Å². The Kier molecular flexibility index (Phi) is 3.89. The van der Waals surface area contributed by atoms with E-state index in [-0.39, 0.29) is 11.8 Å². The fraction of sp³-hybridized carbons (Fsp3) is 0.350. The van der Waals surface area contributed by atoms with Crippen LogP contribution in [-0.4, -0.2) is 17.6 Å². The molecule has 4 nitrogen and oxygen atoms in total. The molecule has 1 saturated carbocycles. The molecule has 2 atom stereocenters. The molecule has 2 aromatic rings. The summed E-state index contributed by atoms with van der Waals surface area (Å²) in [6.45, 7) is 1.83. The van der Waals surface area contributed by atoms with E-state index in [1.807, 2.05) is 0 Å². The number of para-hydroxylation sites is 1. The number of carboxylic acids is 1. The van der Waals surface area contributed by atoms with Crippen LogP contribution in [0.15, 0.2) is 42.5 Å². The Balaban J connectivity index is 1.41. The topological polar surface area (TPSA) is 61.4 Å². The Morgan fingerprint density at radius 2 is 2.04 bits per heavy atom. The van der Waals surface area contributed by atoms with Gasteiger partial charge < -0.3 is 15.7 Å². The van der Waals surface area contributed by atoms with Crippen LogP contribution in [0.25, 0.3) is 0 Å². The van der Waals surface area contributed by atoms with Crippen LogP contribution in [0.4, 0.5) is 11.4 Å². The summed E-state index contributed by atoms with van der Waals surface area (Å²) in [7, 11) is 0. The van der Waals surface area contributed by atoms with E-state index in [0.717, 1.165) is 37.2 Å². The molecule has 0 bridgehead atoms. The molecule has 1 aliphatic carbocycles. The molecule has 1 fully saturated rings. The molecule has 0 radical (unpaired) electrons. The first kappa shape index (κ1) is 15.1. The Hall–Kier alpha value is -2.49. The van der Waals surface area contributed by atoms with Crippen molar-refractivity contribution in [3.05, 3.63) is 59.2 Å². The molecule has 0 unspecified atom stereocenters. The van der Waals surface area contributed by atoms with E-state index in [1.54, 1.807) is 0 Å². The molecular weight excluding hydrogens is 300 g/mol. The number of fused-ring (bicyclic) bond motifs is 1. The standard InChI is InChI=1S/C20H22N2O2/c23-20(24)18-11-17(18)13-6-8-16(9-7-13)22-12-15-4-1-3-14-5-2-10-21-19(14)15/h1,3-4,6-9,17-18,21-22H,2,5,10-12H2,(H,23,24)/t17-,18+/m0/s1. The molecule has 4 rings (SSSR count). The number of hydrogen-bond donors (Lipinski definition) is 3. The van der Waals surface area contributed by atoms with Crippen molar-refractivity contribution in [2.45, 2.75) is 31.7 Å². The Morgan fingerprint density at radius 1 is 1.21 bits per heavy atom. The first-order valence-electron chi connectivity index (χ1n) is 8.63. The normalized spacial score (nSPS) is 21.5. The maximum atomic E-state index is 11.0. The van der Waals surface area contributed by atoms with E-state index in [0.29, 0.717) is 0 Å². The lowest BCUT2D eigenvalue weighted by Gasteiger charge is -2.21. The van der Waals surface area contributed by atoms with Gasteiger partial charge in [-0.2, -0.15) is 0 Å². The third-order valence-corrected chi connectivity index (χ3v) is 5.09. The van der Waals surface area contributed by atoms with Crippen molar-refractivity contribution < 1.29 is 9.90 Å². The van der Waals surface area contributed by atoms with Gasteiger partial charge >= 0.3 is 5.97 Å². The third kappa shape index (κ3) is 2.96. The van der Waals surface area contributed by atoms with Gasteiger partial charge in [-0.15, -0.1) is 0 Å². The number of nitrogens with one attached hydrogen (secondary N) is 2. The highest BCUT2D eigenvalue weighted by molar-refractivity contribution is 5.75. The summed E-state index contributed by atoms with van der Waals surface area (Å²) in [5.74, 6) is -0.670. The van der Waals surface area contributed by atoms with Gasteiger partial charge in [-0.05, 0) is 54.0 Å². The fourth-order valence-corrected chi connectivity index (χ4v) is 3.61. The zero-order chi connectivity index (χ0) is 16.5. The molecular formula is C20H22N2O2. The first-order valence-corrected chi connectivity index (χ1v) is 8.63. The van der Waals surface area contributed by atoms with Crippen molar-refractivity contribution in [1.82, 2.24) is 0 Å². The molecule has 1 aliphatic heterocycles. The molecule has 2 aromatic carbocycles. The van der Waals surface area contributed by atoms with Gasteiger partial charge in [-0.3, -0.25) is 4.79 Å². The smallest absolute Gasteiger partial charge is 0.307 e. The van der Waals surface area contributed by atoms with Gasteiger partial charge in [0.1, 0.15) is 0 Å². The highest BCUT2D eigenvalue weighted by Crippen LogP contribution is 2.47. The van der Waals surface area contributed by atoms with E-state index in [9.17, 15) is 4.79 Å². The number of aryl methyl sites for hydroxylation is 1. The lowest BCUT2D eigenvalue weighted by Crippen LogP contribution is -2.14. The van der Waals surface area contributed by atoms with Crippen molar-refractivity contribution in [1.29, 1.82) is 0 Å². The SMILES string of the molecule is O=C(O)[C@@H]1C[C@H]1c1ccc(NCc2cccc3c2NCCC3)cc1. The number of anilines is 2. The molecule has 0 aromatic heterocycles. The number of benzene rings is 2. The van der Waals surface area contributed by atoms with Gasteiger partial charge in [-0.25, -0.2) is 0 Å². The van der Waals surface area contributed by atoms with Gasteiger partial charge in [0, 0.05) is 24.5 Å². The van der Waals surface area contributed by atoms with Crippen molar-refractivity contribution in [2.24, 2.45) is 5.92 Å². The van der Waals surface area contributed by atoms with Crippen LogP contribution in [0.2, 0.25) is 0 Å². The molecule has 0 amide bonds. The minimum atomic E-state index is -0.677. The molecule has 0 saturated heterocycles. The van der Waals surface area contributed by atoms with Gasteiger partial charge in [0.05, 0.1) is 5.92 Å². The molecule has 0 spiro atoms. The van der Waals surface area contributed by atoms with Crippen LogP contribution >= 0.6 is 0 Å². The second-order valence-electron chi connectivity index (χ2n) is 6.74. The average molecular weight is 322 g/mol. The summed E-state index contributed by atoms with van der Waals surface area (Å²) >= 11 is 0. The number of rotatable bonds is 5. The monoisotopic (exact) mass is 322 g/mol. The van der Waals surface area contributed by atoms with Crippen LogP contribution in [-0.2, 0) is 17.8 Å². The average Bonchev–Trinajstić information content (AvgIpc) is 3.41. The maximum absolute atomic E-state index is 11.0. The van der Waals surface area contributed by atoms with Crippen molar-refractivity contribution in [3.63, 3.8) is 0 Å². The van der Waals surface area contributed by atoms with Gasteiger partial charge in [0.2, 0.25) is 0 Å². The summed E-state index contributed by atoms with van der Waals surface area (Å²) < 4.78 is 0. The number of aliphatic carboxylic acids is 1. The summed E-state index contributed by atoms with van der Waals surface area (Å²) in [6.07, 6.45) is 3.12. The van der Waals surface area contributed by atoms with Gasteiger partial charge in [0.25, 0.3) is 0 Å². The van der Waals surface area contributed by atoms with Gasteiger partial charge in [0.15, 0.2) is 0 Å². The molecule has 124 valence electrons. The van der Waals surface area contributed by atoms with E-state index in [2.05, 4.69) is 53.1 Å². The van der Waals surface area contributed by atoms with Crippen LogP contribution in [0.1, 0.15) is 35.4 Å². The summed E-state index contributed by atoms with van der Waals surface area (Å²) in [4.78, 5) is 11.0. The van der Waals surface area contributed by atoms with E-state index >= 15 is 0 Å². The minimum absolute atomic E-state index is 0.189. The van der Waals surface area contributed by atoms with Gasteiger partial charge in [-0.1, -0.05) is 30.3 Å². The first-order chi connectivity index (χ1) is 11.7. The second kappa shape index (κ2) is 6.19. The zero-order valence-electron chi connectivity index (χ0n) is 13.6. The molecule has 24 heavy (non-hydrogen) atoms. The predicted octanol–water partition coefficient (Wildman–Crippen LogP) is 3.84. The zero-order valence-corrected chi connectivity index (χ0v) is 13.6.